The van der Waals surface area contributed by atoms with Gasteiger partial charge in [0.15, 0.2) is 5.82 Å². The van der Waals surface area contributed by atoms with Crippen molar-refractivity contribution in [3.63, 3.8) is 0 Å². The Balaban J connectivity index is 1.46. The van der Waals surface area contributed by atoms with Crippen molar-refractivity contribution in [2.45, 2.75) is 0 Å². The molecule has 0 aliphatic rings. The average Bonchev–Trinajstić information content (AvgIpc) is 3.14. The maximum atomic E-state index is 9.31. The molecule has 2 aromatic heterocycles. The molecule has 128 valence electrons. The quantitative estimate of drug-likeness (QED) is 0.471. The predicted octanol–water partition coefficient (Wildman–Crippen LogP) is 4.11. The van der Waals surface area contributed by atoms with Gasteiger partial charge in [-0.15, -0.1) is 10.2 Å². The fourth-order valence-electron chi connectivity index (χ4n) is 2.35. The van der Waals surface area contributed by atoms with Crippen molar-refractivity contribution in [3.05, 3.63) is 73.1 Å². The lowest BCUT2D eigenvalue weighted by atomic mass is 10.2. The number of aromatic amines is 1. The number of rotatable bonds is 5. The van der Waals surface area contributed by atoms with Crippen LogP contribution in [0, 0.1) is 0 Å². The molecule has 3 N–H and O–H groups in total. The summed E-state index contributed by atoms with van der Waals surface area (Å²) in [4.78, 5) is 7.13. The van der Waals surface area contributed by atoms with Crippen LogP contribution in [0.15, 0.2) is 73.1 Å². The van der Waals surface area contributed by atoms with Gasteiger partial charge in [-0.3, -0.25) is 4.98 Å². The molecule has 0 aliphatic carbocycles. The number of aromatic hydroxyl groups is 1. The third kappa shape index (κ3) is 3.62. The summed E-state index contributed by atoms with van der Waals surface area (Å²) in [6.07, 6.45) is 3.36. The fraction of sp³-hybridized carbons (Fsp3) is 0. The Morgan fingerprint density at radius 3 is 2.42 bits per heavy atom. The van der Waals surface area contributed by atoms with Crippen LogP contribution in [0.1, 0.15) is 0 Å². The van der Waals surface area contributed by atoms with Crippen LogP contribution in [0.25, 0.3) is 11.4 Å². The zero-order valence-electron chi connectivity index (χ0n) is 13.6. The minimum atomic E-state index is 0.211. The number of benzene rings is 2. The molecule has 7 heteroatoms. The normalized spacial score (nSPS) is 10.5. The van der Waals surface area contributed by atoms with Gasteiger partial charge in [-0.05, 0) is 60.7 Å². The second kappa shape index (κ2) is 6.94. The third-order valence-corrected chi connectivity index (χ3v) is 3.61. The van der Waals surface area contributed by atoms with Gasteiger partial charge in [0, 0.05) is 17.4 Å². The van der Waals surface area contributed by atoms with Gasteiger partial charge in [0.1, 0.15) is 17.2 Å². The summed E-state index contributed by atoms with van der Waals surface area (Å²) in [6, 6.07) is 17.9. The monoisotopic (exact) mass is 345 g/mol. The van der Waals surface area contributed by atoms with Gasteiger partial charge < -0.3 is 20.1 Å². The number of ether oxygens (including phenoxy) is 1. The Labute approximate surface area is 149 Å². The molecule has 0 aliphatic heterocycles. The maximum Gasteiger partial charge on any atom is 0.226 e. The Morgan fingerprint density at radius 1 is 0.885 bits per heavy atom. The van der Waals surface area contributed by atoms with Crippen LogP contribution in [-0.4, -0.2) is 25.3 Å². The van der Waals surface area contributed by atoms with Crippen LogP contribution in [0.3, 0.4) is 0 Å². The first-order valence-electron chi connectivity index (χ1n) is 7.93. The molecule has 4 aromatic rings. The summed E-state index contributed by atoms with van der Waals surface area (Å²) in [6.45, 7) is 0. The Bertz CT molecular complexity index is 983. The van der Waals surface area contributed by atoms with E-state index >= 15 is 0 Å². The second-order valence-electron chi connectivity index (χ2n) is 5.51. The highest BCUT2D eigenvalue weighted by Crippen LogP contribution is 2.24. The van der Waals surface area contributed by atoms with Crippen molar-refractivity contribution in [1.82, 2.24) is 20.2 Å². The van der Waals surface area contributed by atoms with Crippen molar-refractivity contribution in [3.8, 4) is 28.6 Å². The second-order valence-corrected chi connectivity index (χ2v) is 5.51. The molecule has 7 nitrogen and oxygen atoms in total. The lowest BCUT2D eigenvalue weighted by Gasteiger charge is -2.05. The molecule has 0 radical (unpaired) electrons. The molecule has 4 rings (SSSR count). The van der Waals surface area contributed by atoms with Gasteiger partial charge >= 0.3 is 0 Å². The predicted molar refractivity (Wildman–Crippen MR) is 97.5 cm³/mol. The van der Waals surface area contributed by atoms with E-state index in [4.69, 9.17) is 4.74 Å². The number of nitrogens with zero attached hydrogens (tertiary/aromatic N) is 3. The average molecular weight is 345 g/mol. The molecule has 2 heterocycles. The molecule has 0 bridgehead atoms. The maximum absolute atomic E-state index is 9.31. The van der Waals surface area contributed by atoms with Gasteiger partial charge in [-0.1, -0.05) is 0 Å². The molecule has 0 unspecified atom stereocenters. The molecule has 0 saturated carbocycles. The standard InChI is InChI=1S/C19H15N5O2/c25-15-7-5-14(6-8-15)21-19-22-18(23-24-19)13-3-9-16(10-4-13)26-17-2-1-11-20-12-17/h1-12,25H,(H2,21,22,23,24). The number of nitrogens with one attached hydrogen (secondary N) is 2. The van der Waals surface area contributed by atoms with E-state index in [0.717, 1.165) is 11.3 Å². The van der Waals surface area contributed by atoms with E-state index in [0.29, 0.717) is 23.3 Å². The van der Waals surface area contributed by atoms with E-state index in [-0.39, 0.29) is 5.75 Å². The molecule has 0 spiro atoms. The van der Waals surface area contributed by atoms with E-state index in [1.807, 2.05) is 36.4 Å². The van der Waals surface area contributed by atoms with Crippen LogP contribution in [0.2, 0.25) is 0 Å². The van der Waals surface area contributed by atoms with Crippen molar-refractivity contribution in [1.29, 1.82) is 0 Å². The summed E-state index contributed by atoms with van der Waals surface area (Å²) in [7, 11) is 0. The Morgan fingerprint density at radius 2 is 1.69 bits per heavy atom. The van der Waals surface area contributed by atoms with Crippen LogP contribution < -0.4 is 10.1 Å². The largest absolute Gasteiger partial charge is 0.508 e. The lowest BCUT2D eigenvalue weighted by molar-refractivity contribution is 0.475. The van der Waals surface area contributed by atoms with E-state index in [9.17, 15) is 5.11 Å². The molecule has 0 amide bonds. The summed E-state index contributed by atoms with van der Waals surface area (Å²) in [5, 5.41) is 20.6. The van der Waals surface area contributed by atoms with Gasteiger partial charge in [0.05, 0.1) is 6.20 Å². The van der Waals surface area contributed by atoms with Crippen LogP contribution in [-0.2, 0) is 0 Å². The van der Waals surface area contributed by atoms with Gasteiger partial charge in [0.2, 0.25) is 5.95 Å². The highest BCUT2D eigenvalue weighted by molar-refractivity contribution is 5.60. The number of phenolic OH excluding ortho intramolecular Hbond substituents is 1. The van der Waals surface area contributed by atoms with E-state index in [1.165, 1.54) is 0 Å². The highest BCUT2D eigenvalue weighted by Gasteiger charge is 2.06. The molecular weight excluding hydrogens is 330 g/mol. The minimum absolute atomic E-state index is 0.211. The topological polar surface area (TPSA) is 95.9 Å². The summed E-state index contributed by atoms with van der Waals surface area (Å²) < 4.78 is 5.72. The summed E-state index contributed by atoms with van der Waals surface area (Å²) >= 11 is 0. The molecule has 2 aromatic carbocycles. The fourth-order valence-corrected chi connectivity index (χ4v) is 2.35. The third-order valence-electron chi connectivity index (χ3n) is 3.61. The van der Waals surface area contributed by atoms with E-state index in [1.54, 1.807) is 36.7 Å². The number of phenols is 1. The number of anilines is 2. The van der Waals surface area contributed by atoms with Crippen molar-refractivity contribution < 1.29 is 9.84 Å². The first kappa shape index (κ1) is 15.6. The Kier molecular flexibility index (Phi) is 4.17. The SMILES string of the molecule is Oc1ccc(Nc2nnc(-c3ccc(Oc4cccnc4)cc3)[nH]2)cc1. The number of H-pyrrole nitrogens is 1. The molecule has 26 heavy (non-hydrogen) atoms. The van der Waals surface area contributed by atoms with Crippen molar-refractivity contribution in [2.75, 3.05) is 5.32 Å². The number of pyridine rings is 1. The highest BCUT2D eigenvalue weighted by atomic mass is 16.5. The first-order valence-corrected chi connectivity index (χ1v) is 7.93. The van der Waals surface area contributed by atoms with Crippen LogP contribution in [0.4, 0.5) is 11.6 Å². The van der Waals surface area contributed by atoms with Crippen LogP contribution >= 0.6 is 0 Å². The molecular formula is C19H15N5O2. The number of hydrogen-bond acceptors (Lipinski definition) is 6. The van der Waals surface area contributed by atoms with E-state index in [2.05, 4.69) is 25.5 Å². The Hall–Kier alpha value is -3.87. The molecule has 0 atom stereocenters. The van der Waals surface area contributed by atoms with Gasteiger partial charge in [-0.25, -0.2) is 0 Å². The van der Waals surface area contributed by atoms with E-state index < -0.39 is 0 Å². The van der Waals surface area contributed by atoms with Gasteiger partial charge in [-0.2, -0.15) is 0 Å². The lowest BCUT2D eigenvalue weighted by Crippen LogP contribution is -1.91. The number of aromatic nitrogens is 4. The smallest absolute Gasteiger partial charge is 0.226 e. The molecule has 0 fully saturated rings. The van der Waals surface area contributed by atoms with Crippen LogP contribution in [0.5, 0.6) is 17.2 Å². The minimum Gasteiger partial charge on any atom is -0.508 e. The zero-order chi connectivity index (χ0) is 17.8. The van der Waals surface area contributed by atoms with Gasteiger partial charge in [0.25, 0.3) is 0 Å². The summed E-state index contributed by atoms with van der Waals surface area (Å²) in [5.74, 6) is 2.76. The molecule has 0 saturated heterocycles. The zero-order valence-corrected chi connectivity index (χ0v) is 13.6. The van der Waals surface area contributed by atoms with Crippen molar-refractivity contribution >= 4 is 11.6 Å². The first-order chi connectivity index (χ1) is 12.8. The van der Waals surface area contributed by atoms with Crippen molar-refractivity contribution in [2.24, 2.45) is 0 Å². The summed E-state index contributed by atoms with van der Waals surface area (Å²) in [5.41, 5.74) is 1.68. The number of hydrogen-bond donors (Lipinski definition) is 3.